The van der Waals surface area contributed by atoms with Crippen molar-refractivity contribution < 1.29 is 22.7 Å². The smallest absolute Gasteiger partial charge is 0.405 e. The van der Waals surface area contributed by atoms with Gasteiger partial charge in [-0.15, -0.1) is 23.4 Å². The minimum Gasteiger partial charge on any atom is -0.405 e. The molecule has 0 bridgehead atoms. The Morgan fingerprint density at radius 2 is 1.76 bits per heavy atom. The average Bonchev–Trinajstić information content (AvgIpc) is 3.11. The fourth-order valence-electron chi connectivity index (χ4n) is 2.55. The highest BCUT2D eigenvalue weighted by Crippen LogP contribution is 2.27. The molecule has 1 heterocycles. The molecule has 1 N–H and O–H groups in total. The molecule has 10 heteroatoms. The van der Waals surface area contributed by atoms with Gasteiger partial charge >= 0.3 is 6.36 Å². The molecule has 0 atom stereocenters. The van der Waals surface area contributed by atoms with Gasteiger partial charge in [-0.3, -0.25) is 9.69 Å². The Morgan fingerprint density at radius 1 is 1.07 bits per heavy atom. The molecule has 0 radical (unpaired) electrons. The summed E-state index contributed by atoms with van der Waals surface area (Å²) >= 11 is 1.13. The van der Waals surface area contributed by atoms with Gasteiger partial charge in [0.25, 0.3) is 5.91 Å². The first-order chi connectivity index (χ1) is 13.8. The van der Waals surface area contributed by atoms with Crippen molar-refractivity contribution in [3.63, 3.8) is 0 Å². The van der Waals surface area contributed by atoms with Crippen molar-refractivity contribution in [2.24, 2.45) is 0 Å². The number of amides is 1. The number of anilines is 1. The molecule has 0 spiro atoms. The van der Waals surface area contributed by atoms with Crippen LogP contribution in [0.3, 0.4) is 0 Å². The van der Waals surface area contributed by atoms with E-state index < -0.39 is 6.36 Å². The van der Waals surface area contributed by atoms with Gasteiger partial charge in [0.05, 0.1) is 6.54 Å². The number of para-hydroxylation sites is 2. The molecule has 0 aliphatic rings. The van der Waals surface area contributed by atoms with Crippen LogP contribution in [-0.2, 0) is 13.1 Å². The largest absolute Gasteiger partial charge is 0.573 e. The number of nitrogens with zero attached hydrogens (tertiary/aromatic N) is 3. The minimum atomic E-state index is -4.76. The van der Waals surface area contributed by atoms with Gasteiger partial charge in [-0.25, -0.2) is 0 Å². The van der Waals surface area contributed by atoms with Crippen LogP contribution in [0.5, 0.6) is 5.75 Å². The van der Waals surface area contributed by atoms with Gasteiger partial charge in [-0.1, -0.05) is 47.7 Å². The van der Waals surface area contributed by atoms with E-state index >= 15 is 0 Å². The van der Waals surface area contributed by atoms with Crippen LogP contribution in [0.25, 0.3) is 0 Å². The lowest BCUT2D eigenvalue weighted by atomic mass is 10.2. The Kier molecular flexibility index (Phi) is 6.45. The first-order valence-corrected chi connectivity index (χ1v) is 9.33. The summed E-state index contributed by atoms with van der Waals surface area (Å²) in [6, 6.07) is 14.9. The summed E-state index contributed by atoms with van der Waals surface area (Å²) in [4.78, 5) is 14.0. The summed E-state index contributed by atoms with van der Waals surface area (Å²) in [5.74, 6) is -0.612. The van der Waals surface area contributed by atoms with Gasteiger partial charge in [-0.05, 0) is 25.2 Å². The zero-order valence-electron chi connectivity index (χ0n) is 15.3. The average molecular weight is 422 g/mol. The molecule has 0 aliphatic heterocycles. The third-order valence-corrected chi connectivity index (χ3v) is 4.64. The van der Waals surface area contributed by atoms with Crippen molar-refractivity contribution in [3.8, 4) is 5.75 Å². The van der Waals surface area contributed by atoms with Crippen LogP contribution in [0.15, 0.2) is 54.6 Å². The maximum Gasteiger partial charge on any atom is 0.573 e. The van der Waals surface area contributed by atoms with Crippen LogP contribution >= 0.6 is 11.3 Å². The Labute approximate surface area is 168 Å². The lowest BCUT2D eigenvalue weighted by Gasteiger charge is -2.18. The molecule has 0 saturated carbocycles. The van der Waals surface area contributed by atoms with E-state index in [1.807, 2.05) is 6.07 Å². The molecule has 3 rings (SSSR count). The standard InChI is InChI=1S/C19H17F3N4O2S/c1-26(11-13-7-5-6-10-15(13)28-19(20,21)22)12-16-24-25-18(29-16)17(27)23-14-8-3-2-4-9-14/h2-10H,11-12H2,1H3,(H,23,27). The van der Waals surface area contributed by atoms with Crippen LogP contribution in [0.1, 0.15) is 20.4 Å². The van der Waals surface area contributed by atoms with Gasteiger partial charge < -0.3 is 10.1 Å². The first-order valence-electron chi connectivity index (χ1n) is 8.51. The van der Waals surface area contributed by atoms with Crippen molar-refractivity contribution in [1.82, 2.24) is 15.1 Å². The second-order valence-electron chi connectivity index (χ2n) is 6.15. The van der Waals surface area contributed by atoms with Crippen LogP contribution < -0.4 is 10.1 Å². The molecule has 152 valence electrons. The van der Waals surface area contributed by atoms with Crippen molar-refractivity contribution >= 4 is 22.9 Å². The Morgan fingerprint density at radius 3 is 2.48 bits per heavy atom. The highest BCUT2D eigenvalue weighted by molar-refractivity contribution is 7.13. The fourth-order valence-corrected chi connectivity index (χ4v) is 3.37. The monoisotopic (exact) mass is 422 g/mol. The Balaban J connectivity index is 1.61. The quantitative estimate of drug-likeness (QED) is 0.614. The summed E-state index contributed by atoms with van der Waals surface area (Å²) in [7, 11) is 1.73. The summed E-state index contributed by atoms with van der Waals surface area (Å²) in [6.45, 7) is 0.522. The molecule has 3 aromatic rings. The number of aromatic nitrogens is 2. The summed E-state index contributed by atoms with van der Waals surface area (Å²) in [5, 5.41) is 11.4. The molecular weight excluding hydrogens is 405 g/mol. The number of benzene rings is 2. The fraction of sp³-hybridized carbons (Fsp3) is 0.211. The van der Waals surface area contributed by atoms with Gasteiger partial charge in [0, 0.05) is 17.8 Å². The molecule has 0 saturated heterocycles. The number of alkyl halides is 3. The molecule has 1 aromatic heterocycles. The zero-order chi connectivity index (χ0) is 20.9. The lowest BCUT2D eigenvalue weighted by molar-refractivity contribution is -0.275. The van der Waals surface area contributed by atoms with E-state index in [4.69, 9.17) is 0 Å². The van der Waals surface area contributed by atoms with E-state index in [2.05, 4.69) is 20.3 Å². The predicted octanol–water partition coefficient (Wildman–Crippen LogP) is 4.32. The molecule has 2 aromatic carbocycles. The Bertz CT molecular complexity index is 963. The SMILES string of the molecule is CN(Cc1nnc(C(=O)Nc2ccccc2)s1)Cc1ccccc1OC(F)(F)F. The predicted molar refractivity (Wildman–Crippen MR) is 103 cm³/mol. The van der Waals surface area contributed by atoms with Gasteiger partial charge in [0.15, 0.2) is 0 Å². The second kappa shape index (κ2) is 9.01. The van der Waals surface area contributed by atoms with E-state index in [0.29, 0.717) is 22.8 Å². The van der Waals surface area contributed by atoms with Crippen LogP contribution in [0.4, 0.5) is 18.9 Å². The normalized spacial score (nSPS) is 11.5. The van der Waals surface area contributed by atoms with Crippen molar-refractivity contribution in [3.05, 3.63) is 70.2 Å². The zero-order valence-corrected chi connectivity index (χ0v) is 16.1. The summed E-state index contributed by atoms with van der Waals surface area (Å²) in [5.41, 5.74) is 1.03. The lowest BCUT2D eigenvalue weighted by Crippen LogP contribution is -2.21. The number of nitrogens with one attached hydrogen (secondary N) is 1. The molecule has 1 amide bonds. The van der Waals surface area contributed by atoms with Crippen LogP contribution in [0, 0.1) is 0 Å². The molecule has 0 aliphatic carbocycles. The van der Waals surface area contributed by atoms with Gasteiger partial charge in [0.1, 0.15) is 10.8 Å². The third-order valence-electron chi connectivity index (χ3n) is 3.74. The maximum atomic E-state index is 12.6. The second-order valence-corrected chi connectivity index (χ2v) is 7.21. The summed E-state index contributed by atoms with van der Waals surface area (Å²) < 4.78 is 41.7. The van der Waals surface area contributed by atoms with Crippen molar-refractivity contribution in [1.29, 1.82) is 0 Å². The highest BCUT2D eigenvalue weighted by Gasteiger charge is 2.32. The maximum absolute atomic E-state index is 12.6. The molecule has 6 nitrogen and oxygen atoms in total. The Hall–Kier alpha value is -2.98. The number of carbonyl (C=O) groups excluding carboxylic acids is 1. The topological polar surface area (TPSA) is 67.4 Å². The number of hydrogen-bond acceptors (Lipinski definition) is 6. The minimum absolute atomic E-state index is 0.206. The first kappa shape index (κ1) is 20.7. The number of hydrogen-bond donors (Lipinski definition) is 1. The van der Waals surface area contributed by atoms with E-state index in [-0.39, 0.29) is 23.2 Å². The number of carbonyl (C=O) groups is 1. The van der Waals surface area contributed by atoms with Gasteiger partial charge in [-0.2, -0.15) is 0 Å². The molecule has 0 unspecified atom stereocenters. The highest BCUT2D eigenvalue weighted by atomic mass is 32.1. The summed E-state index contributed by atoms with van der Waals surface area (Å²) in [6.07, 6.45) is -4.76. The van der Waals surface area contributed by atoms with E-state index in [0.717, 1.165) is 11.3 Å². The van der Waals surface area contributed by atoms with Crippen molar-refractivity contribution in [2.75, 3.05) is 12.4 Å². The molecule has 0 fully saturated rings. The van der Waals surface area contributed by atoms with Crippen LogP contribution in [0.2, 0.25) is 0 Å². The number of halogens is 3. The number of rotatable bonds is 7. The van der Waals surface area contributed by atoms with E-state index in [1.165, 1.54) is 12.1 Å². The third kappa shape index (κ3) is 6.26. The van der Waals surface area contributed by atoms with E-state index in [9.17, 15) is 18.0 Å². The van der Waals surface area contributed by atoms with E-state index in [1.54, 1.807) is 48.3 Å². The molecular formula is C19H17F3N4O2S. The van der Waals surface area contributed by atoms with Crippen LogP contribution in [-0.4, -0.2) is 34.4 Å². The van der Waals surface area contributed by atoms with Crippen molar-refractivity contribution in [2.45, 2.75) is 19.5 Å². The van der Waals surface area contributed by atoms with Gasteiger partial charge in [0.2, 0.25) is 5.01 Å². The molecule has 29 heavy (non-hydrogen) atoms. The number of ether oxygens (including phenoxy) is 1.